The van der Waals surface area contributed by atoms with Crippen LogP contribution in [0.15, 0.2) is 45.8 Å². The van der Waals surface area contributed by atoms with Gasteiger partial charge in [0.25, 0.3) is 11.1 Å². The average Bonchev–Trinajstić information content (AvgIpc) is 3.00. The van der Waals surface area contributed by atoms with E-state index in [9.17, 15) is 14.4 Å². The number of ether oxygens (including phenoxy) is 2. The number of halogens is 3. The molecule has 1 aliphatic heterocycles. The van der Waals surface area contributed by atoms with Crippen molar-refractivity contribution < 1.29 is 23.9 Å². The summed E-state index contributed by atoms with van der Waals surface area (Å²) in [6.07, 6.45) is 1.55. The van der Waals surface area contributed by atoms with E-state index in [4.69, 9.17) is 27.9 Å². The Hall–Kier alpha value is -2.00. The van der Waals surface area contributed by atoms with E-state index in [1.54, 1.807) is 42.5 Å². The van der Waals surface area contributed by atoms with Crippen molar-refractivity contribution in [1.82, 2.24) is 4.90 Å². The van der Waals surface area contributed by atoms with Crippen molar-refractivity contribution >= 4 is 74.1 Å². The number of nitrogens with zero attached hydrogens (tertiary/aromatic N) is 1. The maximum absolute atomic E-state index is 12.8. The second-order valence-corrected chi connectivity index (χ2v) is 9.21. The van der Waals surface area contributed by atoms with Gasteiger partial charge in [0.05, 0.1) is 12.0 Å². The molecule has 0 spiro atoms. The van der Waals surface area contributed by atoms with Gasteiger partial charge < -0.3 is 9.47 Å². The number of benzene rings is 2. The Morgan fingerprint density at radius 3 is 2.65 bits per heavy atom. The third-order valence-electron chi connectivity index (χ3n) is 4.41. The lowest BCUT2D eigenvalue weighted by Gasteiger charge is -2.18. The third kappa shape index (κ3) is 5.44. The van der Waals surface area contributed by atoms with E-state index in [1.165, 1.54) is 14.0 Å². The minimum Gasteiger partial charge on any atom is -0.488 e. The van der Waals surface area contributed by atoms with E-state index in [2.05, 4.69) is 20.7 Å². The van der Waals surface area contributed by atoms with E-state index in [1.807, 2.05) is 0 Å². The highest BCUT2D eigenvalue weighted by molar-refractivity contribution is 9.10. The van der Waals surface area contributed by atoms with E-state index in [0.29, 0.717) is 21.4 Å². The van der Waals surface area contributed by atoms with Crippen molar-refractivity contribution in [3.8, 4) is 5.75 Å². The van der Waals surface area contributed by atoms with E-state index in [-0.39, 0.29) is 11.5 Å². The smallest absolute Gasteiger partial charge is 0.328 e. The molecule has 0 aliphatic carbocycles. The fourth-order valence-corrected chi connectivity index (χ4v) is 4.53. The Labute approximate surface area is 201 Å². The summed E-state index contributed by atoms with van der Waals surface area (Å²) < 4.78 is 11.3. The van der Waals surface area contributed by atoms with Crippen LogP contribution in [0.5, 0.6) is 5.75 Å². The van der Waals surface area contributed by atoms with Gasteiger partial charge in [0.1, 0.15) is 18.4 Å². The second kappa shape index (κ2) is 10.1. The maximum Gasteiger partial charge on any atom is 0.328 e. The summed E-state index contributed by atoms with van der Waals surface area (Å²) in [4.78, 5) is 37.9. The molecule has 0 aromatic heterocycles. The van der Waals surface area contributed by atoms with Gasteiger partial charge in [0.2, 0.25) is 0 Å². The molecule has 0 bridgehead atoms. The molecule has 31 heavy (non-hydrogen) atoms. The van der Waals surface area contributed by atoms with E-state index in [0.717, 1.165) is 26.7 Å². The fourth-order valence-electron chi connectivity index (χ4n) is 2.79. The molecule has 162 valence electrons. The second-order valence-electron chi connectivity index (χ2n) is 6.46. The van der Waals surface area contributed by atoms with Crippen LogP contribution in [-0.4, -0.2) is 35.2 Å². The van der Waals surface area contributed by atoms with Crippen molar-refractivity contribution in [2.45, 2.75) is 19.6 Å². The van der Waals surface area contributed by atoms with Crippen LogP contribution in [0, 0.1) is 0 Å². The summed E-state index contributed by atoms with van der Waals surface area (Å²) in [6.45, 7) is 1.62. The molecule has 0 unspecified atom stereocenters. The van der Waals surface area contributed by atoms with Crippen molar-refractivity contribution in [2.24, 2.45) is 0 Å². The van der Waals surface area contributed by atoms with Gasteiger partial charge in [0.15, 0.2) is 0 Å². The van der Waals surface area contributed by atoms with Gasteiger partial charge in [-0.15, -0.1) is 0 Å². The number of hydrogen-bond acceptors (Lipinski definition) is 6. The highest BCUT2D eigenvalue weighted by Crippen LogP contribution is 2.36. The molecule has 1 aliphatic rings. The van der Waals surface area contributed by atoms with Crippen LogP contribution in [0.25, 0.3) is 6.08 Å². The zero-order valence-electron chi connectivity index (χ0n) is 16.4. The van der Waals surface area contributed by atoms with Crippen LogP contribution in [0.3, 0.4) is 0 Å². The van der Waals surface area contributed by atoms with Crippen molar-refractivity contribution in [3.63, 3.8) is 0 Å². The van der Waals surface area contributed by atoms with Crippen molar-refractivity contribution in [2.75, 3.05) is 7.11 Å². The highest BCUT2D eigenvalue weighted by atomic mass is 79.9. The van der Waals surface area contributed by atoms with Gasteiger partial charge in [-0.3, -0.25) is 14.5 Å². The van der Waals surface area contributed by atoms with Crippen LogP contribution in [0.1, 0.15) is 18.1 Å². The van der Waals surface area contributed by atoms with Crippen LogP contribution < -0.4 is 4.74 Å². The summed E-state index contributed by atoms with van der Waals surface area (Å²) in [5.41, 5.74) is 1.32. The Morgan fingerprint density at radius 2 is 1.97 bits per heavy atom. The molecule has 2 aromatic rings. The quantitative estimate of drug-likeness (QED) is 0.331. The molecule has 2 amide bonds. The number of thioether (sulfide) groups is 1. The predicted octanol–water partition coefficient (Wildman–Crippen LogP) is 5.93. The Morgan fingerprint density at radius 1 is 1.23 bits per heavy atom. The van der Waals surface area contributed by atoms with Crippen LogP contribution >= 0.6 is 50.9 Å². The van der Waals surface area contributed by atoms with Gasteiger partial charge in [-0.05, 0) is 55.1 Å². The molecular weight excluding hydrogens is 529 g/mol. The van der Waals surface area contributed by atoms with E-state index >= 15 is 0 Å². The lowest BCUT2D eigenvalue weighted by molar-refractivity contribution is -0.148. The highest BCUT2D eigenvalue weighted by Gasteiger charge is 2.41. The summed E-state index contributed by atoms with van der Waals surface area (Å²) in [7, 11) is 1.20. The number of carbonyl (C=O) groups is 3. The molecule has 2 aromatic carbocycles. The lowest BCUT2D eigenvalue weighted by atomic mass is 10.1. The Bertz CT molecular complexity index is 1090. The molecule has 1 heterocycles. The van der Waals surface area contributed by atoms with Crippen LogP contribution in [0.2, 0.25) is 10.0 Å². The first kappa shape index (κ1) is 23.7. The van der Waals surface area contributed by atoms with Gasteiger partial charge >= 0.3 is 5.97 Å². The van der Waals surface area contributed by atoms with Gasteiger partial charge in [-0.25, -0.2) is 4.79 Å². The van der Waals surface area contributed by atoms with Crippen molar-refractivity contribution in [1.29, 1.82) is 0 Å². The predicted molar refractivity (Wildman–Crippen MR) is 124 cm³/mol. The molecule has 0 saturated carbocycles. The number of carbonyl (C=O) groups excluding carboxylic acids is 3. The molecular formula is C21H16BrCl2NO5S. The molecule has 0 N–H and O–H groups in total. The molecule has 1 atom stereocenters. The van der Waals surface area contributed by atoms with Crippen molar-refractivity contribution in [3.05, 3.63) is 66.9 Å². The maximum atomic E-state index is 12.8. The summed E-state index contributed by atoms with van der Waals surface area (Å²) in [6, 6.07) is 9.38. The molecule has 3 rings (SSSR count). The topological polar surface area (TPSA) is 72.9 Å². The molecule has 1 saturated heterocycles. The summed E-state index contributed by atoms with van der Waals surface area (Å²) in [5, 5.41) is 0.457. The molecule has 6 nitrogen and oxygen atoms in total. The number of esters is 1. The normalized spacial score (nSPS) is 16.0. The lowest BCUT2D eigenvalue weighted by Crippen LogP contribution is -2.42. The van der Waals surface area contributed by atoms with E-state index < -0.39 is 23.2 Å². The van der Waals surface area contributed by atoms with Gasteiger partial charge in [-0.2, -0.15) is 0 Å². The minimum atomic E-state index is -1.02. The van der Waals surface area contributed by atoms with Crippen LogP contribution in [0.4, 0.5) is 4.79 Å². The number of amides is 2. The fraction of sp³-hybridized carbons (Fsp3) is 0.190. The largest absolute Gasteiger partial charge is 0.488 e. The first-order valence-corrected chi connectivity index (χ1v) is 11.3. The van der Waals surface area contributed by atoms with Gasteiger partial charge in [0, 0.05) is 25.6 Å². The summed E-state index contributed by atoms with van der Waals surface area (Å²) in [5.74, 6) is -0.753. The molecule has 1 fully saturated rings. The SMILES string of the molecule is COC(=O)[C@@H](C)N1C(=O)S/C(=C/c2cc(Br)ccc2OCc2ccc(Cl)cc2Cl)C1=O. The number of methoxy groups -OCH3 is 1. The van der Waals surface area contributed by atoms with Gasteiger partial charge in [-0.1, -0.05) is 45.2 Å². The first-order valence-electron chi connectivity index (χ1n) is 8.92. The number of rotatable bonds is 6. The zero-order chi connectivity index (χ0) is 22.7. The minimum absolute atomic E-state index is 0.174. The Balaban J connectivity index is 1.86. The first-order chi connectivity index (χ1) is 14.7. The molecule has 10 heteroatoms. The standard InChI is InChI=1S/C21H16BrCl2NO5S/c1-11(20(27)29-2)25-19(26)18(31-21(25)28)8-13-7-14(22)4-6-17(13)30-10-12-3-5-15(23)9-16(12)24/h3-9,11H,10H2,1-2H3/b18-8+/t11-/m1/s1. The van der Waals surface area contributed by atoms with Crippen LogP contribution in [-0.2, 0) is 20.9 Å². The average molecular weight is 545 g/mol. The Kier molecular flexibility index (Phi) is 7.69. The monoisotopic (exact) mass is 543 g/mol. The zero-order valence-corrected chi connectivity index (χ0v) is 20.3. The number of hydrogen-bond donors (Lipinski definition) is 0. The molecule has 0 radical (unpaired) electrons. The summed E-state index contributed by atoms with van der Waals surface area (Å²) >= 11 is 16.3. The number of imide groups is 1. The third-order valence-corrected chi connectivity index (χ3v) is 6.37.